The molecular formula is C21H24N2O3S. The van der Waals surface area contributed by atoms with E-state index in [1.54, 1.807) is 11.6 Å². The first-order valence-corrected chi connectivity index (χ1v) is 9.89. The second kappa shape index (κ2) is 7.96. The number of hydrogen-bond acceptors (Lipinski definition) is 5. The van der Waals surface area contributed by atoms with E-state index in [1.807, 2.05) is 6.07 Å². The molecular weight excluding hydrogens is 360 g/mol. The minimum absolute atomic E-state index is 0.225. The number of nitrogens with zero attached hydrogens (tertiary/aromatic N) is 1. The molecule has 0 radical (unpaired) electrons. The second-order valence-corrected chi connectivity index (χ2v) is 7.56. The van der Waals surface area contributed by atoms with E-state index >= 15 is 0 Å². The number of aromatic nitrogens is 1. The summed E-state index contributed by atoms with van der Waals surface area (Å²) in [4.78, 5) is 25.2. The summed E-state index contributed by atoms with van der Waals surface area (Å²) >= 11 is 1.49. The lowest BCUT2D eigenvalue weighted by Crippen LogP contribution is -2.18. The van der Waals surface area contributed by atoms with Crippen LogP contribution in [0.15, 0.2) is 41.2 Å². The molecule has 2 heterocycles. The first-order valence-electron chi connectivity index (χ1n) is 9.07. The van der Waals surface area contributed by atoms with Gasteiger partial charge in [0.1, 0.15) is 0 Å². The molecule has 0 spiro atoms. The van der Waals surface area contributed by atoms with E-state index in [0.717, 1.165) is 39.2 Å². The van der Waals surface area contributed by atoms with Gasteiger partial charge in [0.15, 0.2) is 0 Å². The zero-order valence-electron chi connectivity index (χ0n) is 16.0. The molecule has 1 aromatic carbocycles. The molecule has 0 saturated heterocycles. The topological polar surface area (TPSA) is 60.3 Å². The van der Waals surface area contributed by atoms with E-state index in [9.17, 15) is 9.59 Å². The van der Waals surface area contributed by atoms with Crippen LogP contribution in [0.4, 0.5) is 5.69 Å². The Labute approximate surface area is 162 Å². The average Bonchev–Trinajstić information content (AvgIpc) is 3.14. The Morgan fingerprint density at radius 1 is 1.19 bits per heavy atom. The van der Waals surface area contributed by atoms with Crippen molar-refractivity contribution in [3.05, 3.63) is 52.3 Å². The number of anilines is 1. The molecule has 3 rings (SSSR count). The Bertz CT molecular complexity index is 1010. The Balaban J connectivity index is 2.01. The van der Waals surface area contributed by atoms with Gasteiger partial charge in [-0.3, -0.25) is 4.79 Å². The maximum absolute atomic E-state index is 12.2. The second-order valence-electron chi connectivity index (χ2n) is 6.51. The van der Waals surface area contributed by atoms with Gasteiger partial charge in [0.25, 0.3) is 5.56 Å². The summed E-state index contributed by atoms with van der Waals surface area (Å²) in [5, 5.41) is 3.53. The molecule has 0 saturated carbocycles. The van der Waals surface area contributed by atoms with Crippen molar-refractivity contribution < 1.29 is 9.53 Å². The maximum atomic E-state index is 12.2. The highest BCUT2D eigenvalue weighted by molar-refractivity contribution is 7.22. The summed E-state index contributed by atoms with van der Waals surface area (Å²) in [5.41, 5.74) is 2.98. The van der Waals surface area contributed by atoms with Gasteiger partial charge in [0, 0.05) is 29.7 Å². The number of carbonyl (C=O) groups is 1. The van der Waals surface area contributed by atoms with Gasteiger partial charge >= 0.3 is 5.97 Å². The number of nitrogens with one attached hydrogen (secondary N) is 1. The minimum atomic E-state index is -0.490. The predicted octanol–water partition coefficient (Wildman–Crippen LogP) is 4.65. The highest BCUT2D eigenvalue weighted by Gasteiger charge is 2.17. The predicted molar refractivity (Wildman–Crippen MR) is 112 cm³/mol. The van der Waals surface area contributed by atoms with E-state index in [0.29, 0.717) is 11.6 Å². The number of ether oxygens (including phenoxy) is 1. The van der Waals surface area contributed by atoms with Gasteiger partial charge in [-0.25, -0.2) is 4.79 Å². The van der Waals surface area contributed by atoms with Crippen molar-refractivity contribution in [3.8, 4) is 10.4 Å². The molecule has 6 heteroatoms. The first-order chi connectivity index (χ1) is 13.0. The Hall–Kier alpha value is -2.60. The highest BCUT2D eigenvalue weighted by Crippen LogP contribution is 2.35. The third kappa shape index (κ3) is 3.76. The standard InChI is InChI=1S/C21H24N2O3S/c1-5-14(6-2)22-15-9-7-13(8-10-15)18-12-17-20(27-18)16(21(25)26-4)11-19(24)23(17)3/h7-12,14,22H,5-6H2,1-4H3. The summed E-state index contributed by atoms with van der Waals surface area (Å²) in [6.07, 6.45) is 2.16. The monoisotopic (exact) mass is 384 g/mol. The number of carbonyl (C=O) groups excluding carboxylic acids is 1. The van der Waals surface area contributed by atoms with Crippen LogP contribution in [0.5, 0.6) is 0 Å². The number of hydrogen-bond donors (Lipinski definition) is 1. The van der Waals surface area contributed by atoms with E-state index < -0.39 is 5.97 Å². The van der Waals surface area contributed by atoms with Crippen molar-refractivity contribution in [1.82, 2.24) is 4.57 Å². The Kier molecular flexibility index (Phi) is 5.65. The molecule has 5 nitrogen and oxygen atoms in total. The largest absolute Gasteiger partial charge is 0.465 e. The molecule has 0 atom stereocenters. The normalized spacial score (nSPS) is 11.1. The number of esters is 1. The van der Waals surface area contributed by atoms with Gasteiger partial charge in [0.05, 0.1) is 22.9 Å². The van der Waals surface area contributed by atoms with Crippen molar-refractivity contribution in [2.45, 2.75) is 32.7 Å². The van der Waals surface area contributed by atoms with Crippen LogP contribution in [0, 0.1) is 0 Å². The van der Waals surface area contributed by atoms with Crippen molar-refractivity contribution in [3.63, 3.8) is 0 Å². The third-order valence-electron chi connectivity index (χ3n) is 4.85. The zero-order valence-corrected chi connectivity index (χ0v) is 16.9. The lowest BCUT2D eigenvalue weighted by molar-refractivity contribution is 0.0603. The maximum Gasteiger partial charge on any atom is 0.339 e. The number of rotatable bonds is 6. The Morgan fingerprint density at radius 2 is 1.85 bits per heavy atom. The van der Waals surface area contributed by atoms with Crippen LogP contribution in [0.3, 0.4) is 0 Å². The van der Waals surface area contributed by atoms with Crippen LogP contribution in [0.25, 0.3) is 20.7 Å². The number of fused-ring (bicyclic) bond motifs is 1. The van der Waals surface area contributed by atoms with Crippen LogP contribution < -0.4 is 10.9 Å². The molecule has 0 aliphatic heterocycles. The SMILES string of the molecule is CCC(CC)Nc1ccc(-c2cc3c(s2)c(C(=O)OC)cc(=O)n3C)cc1. The number of benzene rings is 1. The van der Waals surface area contributed by atoms with Crippen molar-refractivity contribution in [2.75, 3.05) is 12.4 Å². The van der Waals surface area contributed by atoms with Crippen LogP contribution in [0.2, 0.25) is 0 Å². The van der Waals surface area contributed by atoms with E-state index in [4.69, 9.17) is 4.74 Å². The van der Waals surface area contributed by atoms with Crippen LogP contribution in [0.1, 0.15) is 37.0 Å². The summed E-state index contributed by atoms with van der Waals surface area (Å²) in [6, 6.07) is 12.0. The molecule has 2 aromatic heterocycles. The molecule has 0 fully saturated rings. The first kappa shape index (κ1) is 19.2. The molecule has 0 aliphatic carbocycles. The smallest absolute Gasteiger partial charge is 0.339 e. The number of methoxy groups -OCH3 is 1. The quantitative estimate of drug-likeness (QED) is 0.628. The fraction of sp³-hybridized carbons (Fsp3) is 0.333. The number of aryl methyl sites for hydroxylation is 1. The summed E-state index contributed by atoms with van der Waals surface area (Å²) in [5.74, 6) is -0.490. The Morgan fingerprint density at radius 3 is 2.44 bits per heavy atom. The molecule has 0 amide bonds. The third-order valence-corrected chi connectivity index (χ3v) is 6.05. The van der Waals surface area contributed by atoms with Crippen LogP contribution in [-0.4, -0.2) is 23.7 Å². The molecule has 142 valence electrons. The van der Waals surface area contributed by atoms with Gasteiger partial charge in [0.2, 0.25) is 0 Å². The van der Waals surface area contributed by atoms with Gasteiger partial charge in [-0.1, -0.05) is 26.0 Å². The molecule has 27 heavy (non-hydrogen) atoms. The lowest BCUT2D eigenvalue weighted by atomic mass is 10.1. The van der Waals surface area contributed by atoms with Crippen molar-refractivity contribution >= 4 is 33.2 Å². The van der Waals surface area contributed by atoms with Crippen LogP contribution in [-0.2, 0) is 11.8 Å². The van der Waals surface area contributed by atoms with Crippen LogP contribution >= 0.6 is 11.3 Å². The molecule has 1 N–H and O–H groups in total. The fourth-order valence-electron chi connectivity index (χ4n) is 3.09. The van der Waals surface area contributed by atoms with E-state index in [1.165, 1.54) is 24.5 Å². The highest BCUT2D eigenvalue weighted by atomic mass is 32.1. The lowest BCUT2D eigenvalue weighted by Gasteiger charge is -2.16. The number of pyridine rings is 1. The van der Waals surface area contributed by atoms with Gasteiger partial charge in [-0.15, -0.1) is 11.3 Å². The van der Waals surface area contributed by atoms with Crippen molar-refractivity contribution in [2.24, 2.45) is 7.05 Å². The molecule has 3 aromatic rings. The summed E-state index contributed by atoms with van der Waals surface area (Å²) in [6.45, 7) is 4.35. The summed E-state index contributed by atoms with van der Waals surface area (Å²) < 4.78 is 7.16. The zero-order chi connectivity index (χ0) is 19.6. The molecule has 0 bridgehead atoms. The van der Waals surface area contributed by atoms with Crippen molar-refractivity contribution in [1.29, 1.82) is 0 Å². The van der Waals surface area contributed by atoms with Gasteiger partial charge in [-0.2, -0.15) is 0 Å². The molecule has 0 aliphatic rings. The van der Waals surface area contributed by atoms with E-state index in [-0.39, 0.29) is 5.56 Å². The summed E-state index contributed by atoms with van der Waals surface area (Å²) in [7, 11) is 3.04. The average molecular weight is 385 g/mol. The van der Waals surface area contributed by atoms with Gasteiger partial charge in [-0.05, 0) is 36.6 Å². The van der Waals surface area contributed by atoms with Gasteiger partial charge < -0.3 is 14.6 Å². The number of thiophene rings is 1. The van der Waals surface area contributed by atoms with E-state index in [2.05, 4.69) is 43.4 Å². The fourth-order valence-corrected chi connectivity index (χ4v) is 4.29. The minimum Gasteiger partial charge on any atom is -0.465 e. The molecule has 0 unspecified atom stereocenters.